The Hall–Kier alpha value is -2.11. The number of likely N-dealkylation sites (N-methyl/N-ethyl adjacent to an activating group) is 1. The number of fused-ring (bicyclic) bond motifs is 1. The Morgan fingerprint density at radius 1 is 1.25 bits per heavy atom. The van der Waals surface area contributed by atoms with Crippen molar-refractivity contribution in [3.8, 4) is 0 Å². The largest absolute Gasteiger partial charge is 0.348 e. The predicted molar refractivity (Wildman–Crippen MR) is 101 cm³/mol. The fourth-order valence-electron chi connectivity index (χ4n) is 2.46. The Bertz CT molecular complexity index is 850. The lowest BCUT2D eigenvalue weighted by Gasteiger charge is -2.18. The van der Waals surface area contributed by atoms with Gasteiger partial charge in [0.05, 0.1) is 22.3 Å². The van der Waals surface area contributed by atoms with Gasteiger partial charge in [-0.05, 0) is 24.6 Å². The first-order chi connectivity index (χ1) is 11.5. The number of carbonyl (C=O) groups excluding carboxylic acids is 1. The molecule has 0 saturated carbocycles. The van der Waals surface area contributed by atoms with E-state index in [0.29, 0.717) is 5.02 Å². The Morgan fingerprint density at radius 2 is 2.00 bits per heavy atom. The Kier molecular flexibility index (Phi) is 5.02. The van der Waals surface area contributed by atoms with E-state index in [1.165, 1.54) is 11.3 Å². The van der Waals surface area contributed by atoms with E-state index in [-0.39, 0.29) is 18.5 Å². The number of amides is 1. The van der Waals surface area contributed by atoms with Gasteiger partial charge in [-0.3, -0.25) is 4.79 Å². The molecule has 0 saturated heterocycles. The monoisotopic (exact) mass is 359 g/mol. The highest BCUT2D eigenvalue weighted by Crippen LogP contribution is 2.32. The molecule has 0 bridgehead atoms. The molecule has 24 heavy (non-hydrogen) atoms. The number of halogens is 1. The first kappa shape index (κ1) is 16.7. The van der Waals surface area contributed by atoms with E-state index >= 15 is 0 Å². The van der Waals surface area contributed by atoms with Gasteiger partial charge in [0.2, 0.25) is 5.91 Å². The summed E-state index contributed by atoms with van der Waals surface area (Å²) in [5, 5.41) is 4.42. The van der Waals surface area contributed by atoms with Crippen molar-refractivity contribution in [2.24, 2.45) is 0 Å². The standard InChI is InChI=1S/C18H18ClN3OS/c1-12(13-7-4-3-5-8-13)20-16(23)11-22(2)18-21-17-14(19)9-6-10-15(17)24-18/h3-10,12H,11H2,1-2H3,(H,20,23)/t12-/m1/s1. The molecule has 124 valence electrons. The van der Waals surface area contributed by atoms with Crippen molar-refractivity contribution in [2.45, 2.75) is 13.0 Å². The number of para-hydroxylation sites is 1. The average molecular weight is 360 g/mol. The summed E-state index contributed by atoms with van der Waals surface area (Å²) in [5.74, 6) is -0.0424. The average Bonchev–Trinajstić information content (AvgIpc) is 3.01. The molecule has 2 aromatic carbocycles. The van der Waals surface area contributed by atoms with Gasteiger partial charge in [0, 0.05) is 7.05 Å². The topological polar surface area (TPSA) is 45.2 Å². The van der Waals surface area contributed by atoms with Crippen LogP contribution in [0.25, 0.3) is 10.2 Å². The second-order valence-corrected chi connectivity index (χ2v) is 7.06. The summed E-state index contributed by atoms with van der Waals surface area (Å²) in [5.41, 5.74) is 1.87. The molecule has 0 radical (unpaired) electrons. The van der Waals surface area contributed by atoms with Gasteiger partial charge in [0.15, 0.2) is 5.13 Å². The number of carbonyl (C=O) groups is 1. The van der Waals surface area contributed by atoms with Crippen molar-refractivity contribution in [3.05, 3.63) is 59.1 Å². The first-order valence-corrected chi connectivity index (χ1v) is 8.84. The van der Waals surface area contributed by atoms with E-state index in [9.17, 15) is 4.79 Å². The van der Waals surface area contributed by atoms with Crippen molar-refractivity contribution >= 4 is 44.2 Å². The zero-order valence-electron chi connectivity index (χ0n) is 13.5. The molecular weight excluding hydrogens is 342 g/mol. The van der Waals surface area contributed by atoms with Crippen molar-refractivity contribution in [3.63, 3.8) is 0 Å². The van der Waals surface area contributed by atoms with Gasteiger partial charge in [0.25, 0.3) is 0 Å². The van der Waals surface area contributed by atoms with Crippen molar-refractivity contribution in [1.82, 2.24) is 10.3 Å². The summed E-state index contributed by atoms with van der Waals surface area (Å²) in [7, 11) is 1.86. The molecule has 1 amide bonds. The van der Waals surface area contributed by atoms with Crippen LogP contribution < -0.4 is 10.2 Å². The van der Waals surface area contributed by atoms with E-state index in [4.69, 9.17) is 11.6 Å². The van der Waals surface area contributed by atoms with Crippen LogP contribution in [0.3, 0.4) is 0 Å². The number of aromatic nitrogens is 1. The van der Waals surface area contributed by atoms with Crippen LogP contribution in [-0.2, 0) is 4.79 Å². The minimum absolute atomic E-state index is 0.0306. The maximum atomic E-state index is 12.3. The Morgan fingerprint density at radius 3 is 2.71 bits per heavy atom. The van der Waals surface area contributed by atoms with Crippen LogP contribution in [-0.4, -0.2) is 24.5 Å². The Labute approximate surface area is 150 Å². The fraction of sp³-hybridized carbons (Fsp3) is 0.222. The minimum atomic E-state index is -0.0424. The maximum Gasteiger partial charge on any atom is 0.240 e. The molecule has 0 unspecified atom stereocenters. The van der Waals surface area contributed by atoms with Gasteiger partial charge in [-0.2, -0.15) is 0 Å². The first-order valence-electron chi connectivity index (χ1n) is 7.65. The molecule has 0 fully saturated rings. The minimum Gasteiger partial charge on any atom is -0.348 e. The number of hydrogen-bond acceptors (Lipinski definition) is 4. The second-order valence-electron chi connectivity index (χ2n) is 5.64. The number of nitrogens with zero attached hydrogens (tertiary/aromatic N) is 2. The van der Waals surface area contributed by atoms with E-state index in [2.05, 4.69) is 10.3 Å². The van der Waals surface area contributed by atoms with Gasteiger partial charge in [-0.25, -0.2) is 4.98 Å². The van der Waals surface area contributed by atoms with Crippen LogP contribution in [0, 0.1) is 0 Å². The number of nitrogens with one attached hydrogen (secondary N) is 1. The molecule has 3 aromatic rings. The fourth-order valence-corrected chi connectivity index (χ4v) is 3.69. The molecule has 6 heteroatoms. The molecular formula is C18H18ClN3OS. The molecule has 1 aromatic heterocycles. The number of thiazole rings is 1. The molecule has 0 aliphatic carbocycles. The molecule has 4 nitrogen and oxygen atoms in total. The summed E-state index contributed by atoms with van der Waals surface area (Å²) in [6.45, 7) is 2.22. The molecule has 1 heterocycles. The highest BCUT2D eigenvalue weighted by atomic mass is 35.5. The van der Waals surface area contributed by atoms with Gasteiger partial charge in [-0.15, -0.1) is 0 Å². The highest BCUT2D eigenvalue weighted by Gasteiger charge is 2.15. The van der Waals surface area contributed by atoms with Crippen LogP contribution >= 0.6 is 22.9 Å². The van der Waals surface area contributed by atoms with E-state index < -0.39 is 0 Å². The summed E-state index contributed by atoms with van der Waals surface area (Å²) >= 11 is 7.69. The SMILES string of the molecule is C[C@@H](NC(=O)CN(C)c1nc2c(Cl)cccc2s1)c1ccccc1. The lowest BCUT2D eigenvalue weighted by Crippen LogP contribution is -2.36. The number of benzene rings is 2. The quantitative estimate of drug-likeness (QED) is 0.740. The Balaban J connectivity index is 1.66. The van der Waals surface area contributed by atoms with Crippen molar-refractivity contribution in [2.75, 3.05) is 18.5 Å². The molecule has 0 aliphatic heterocycles. The van der Waals surface area contributed by atoms with Crippen LogP contribution in [0.4, 0.5) is 5.13 Å². The summed E-state index contributed by atoms with van der Waals surface area (Å²) in [6.07, 6.45) is 0. The smallest absolute Gasteiger partial charge is 0.240 e. The number of anilines is 1. The van der Waals surface area contributed by atoms with Gasteiger partial charge in [-0.1, -0.05) is 59.3 Å². The highest BCUT2D eigenvalue weighted by molar-refractivity contribution is 7.22. The van der Waals surface area contributed by atoms with Crippen molar-refractivity contribution in [1.29, 1.82) is 0 Å². The molecule has 1 N–H and O–H groups in total. The third-order valence-corrected chi connectivity index (χ3v) is 5.18. The number of hydrogen-bond donors (Lipinski definition) is 1. The van der Waals surface area contributed by atoms with E-state index in [1.54, 1.807) is 0 Å². The van der Waals surface area contributed by atoms with Crippen LogP contribution in [0.1, 0.15) is 18.5 Å². The van der Waals surface area contributed by atoms with Gasteiger partial charge < -0.3 is 10.2 Å². The lowest BCUT2D eigenvalue weighted by molar-refractivity contribution is -0.120. The lowest BCUT2D eigenvalue weighted by atomic mass is 10.1. The van der Waals surface area contributed by atoms with Crippen molar-refractivity contribution < 1.29 is 4.79 Å². The summed E-state index contributed by atoms with van der Waals surface area (Å²) < 4.78 is 1.02. The predicted octanol–water partition coefficient (Wildman–Crippen LogP) is 4.26. The van der Waals surface area contributed by atoms with Crippen LogP contribution in [0.2, 0.25) is 5.02 Å². The molecule has 3 rings (SSSR count). The van der Waals surface area contributed by atoms with Crippen LogP contribution in [0.15, 0.2) is 48.5 Å². The zero-order chi connectivity index (χ0) is 17.1. The van der Waals surface area contributed by atoms with Gasteiger partial charge in [0.1, 0.15) is 5.52 Å². The third-order valence-electron chi connectivity index (χ3n) is 3.74. The zero-order valence-corrected chi connectivity index (χ0v) is 15.1. The van der Waals surface area contributed by atoms with Gasteiger partial charge >= 0.3 is 0 Å². The molecule has 1 atom stereocenters. The normalized spacial score (nSPS) is 12.1. The molecule has 0 aliphatic rings. The summed E-state index contributed by atoms with van der Waals surface area (Å²) in [4.78, 5) is 18.7. The van der Waals surface area contributed by atoms with Crippen LogP contribution in [0.5, 0.6) is 0 Å². The second kappa shape index (κ2) is 7.20. The van der Waals surface area contributed by atoms with E-state index in [1.807, 2.05) is 67.4 Å². The number of rotatable bonds is 5. The molecule has 0 spiro atoms. The van der Waals surface area contributed by atoms with E-state index in [0.717, 1.165) is 20.9 Å². The maximum absolute atomic E-state index is 12.3. The third kappa shape index (κ3) is 3.68. The summed E-state index contributed by atoms with van der Waals surface area (Å²) in [6, 6.07) is 15.6.